The molecular weight excluding hydrogens is 218 g/mol. The quantitative estimate of drug-likeness (QED) is 0.787. The summed E-state index contributed by atoms with van der Waals surface area (Å²) >= 11 is 0. The zero-order chi connectivity index (χ0) is 12.3. The first kappa shape index (κ1) is 11.2. The molecule has 0 aliphatic carbocycles. The number of aromatic amines is 1. The van der Waals surface area contributed by atoms with Crippen molar-refractivity contribution in [2.75, 3.05) is 0 Å². The molecule has 2 aromatic rings. The number of carbonyl (C=O) groups is 1. The molecule has 0 saturated heterocycles. The van der Waals surface area contributed by atoms with Gasteiger partial charge in [0.2, 0.25) is 0 Å². The molecule has 0 atom stereocenters. The molecule has 0 bridgehead atoms. The Balaban J connectivity index is 2.11. The molecule has 2 heterocycles. The van der Waals surface area contributed by atoms with Gasteiger partial charge in [0.25, 0.3) is 0 Å². The summed E-state index contributed by atoms with van der Waals surface area (Å²) in [6.45, 7) is 2.26. The standard InChI is InChI=1S/C12H13N3O2/c1-9(12(16)17)6-10-2-3-11(14-10)7-15-5-4-13-8-15/h2-6,8,14H,7H2,1H3,(H,16,17)/b9-6+. The molecule has 0 spiro atoms. The molecule has 0 fully saturated rings. The number of rotatable bonds is 4. The van der Waals surface area contributed by atoms with Crippen molar-refractivity contribution in [1.29, 1.82) is 0 Å². The minimum atomic E-state index is -0.907. The van der Waals surface area contributed by atoms with E-state index in [4.69, 9.17) is 5.11 Å². The molecule has 0 amide bonds. The topological polar surface area (TPSA) is 70.9 Å². The molecular formula is C12H13N3O2. The number of nitrogens with one attached hydrogen (secondary N) is 1. The van der Waals surface area contributed by atoms with Crippen LogP contribution in [0.5, 0.6) is 0 Å². The van der Waals surface area contributed by atoms with Crippen LogP contribution in [0.25, 0.3) is 6.08 Å². The first-order valence-electron chi connectivity index (χ1n) is 5.20. The summed E-state index contributed by atoms with van der Waals surface area (Å²) in [5.41, 5.74) is 2.11. The predicted molar refractivity (Wildman–Crippen MR) is 63.4 cm³/mol. The molecule has 17 heavy (non-hydrogen) atoms. The van der Waals surface area contributed by atoms with Gasteiger partial charge in [-0.25, -0.2) is 9.78 Å². The minimum Gasteiger partial charge on any atom is -0.478 e. The zero-order valence-electron chi connectivity index (χ0n) is 9.42. The average molecular weight is 231 g/mol. The lowest BCUT2D eigenvalue weighted by atomic mass is 10.2. The lowest BCUT2D eigenvalue weighted by molar-refractivity contribution is -0.132. The highest BCUT2D eigenvalue weighted by Crippen LogP contribution is 2.08. The fourth-order valence-electron chi connectivity index (χ4n) is 1.51. The van der Waals surface area contributed by atoms with Gasteiger partial charge in [0.05, 0.1) is 12.9 Å². The first-order chi connectivity index (χ1) is 8.15. The molecule has 0 radical (unpaired) electrons. The molecule has 0 saturated carbocycles. The van der Waals surface area contributed by atoms with Gasteiger partial charge in [-0.05, 0) is 25.1 Å². The van der Waals surface area contributed by atoms with E-state index in [2.05, 4.69) is 9.97 Å². The van der Waals surface area contributed by atoms with Gasteiger partial charge in [-0.2, -0.15) is 0 Å². The van der Waals surface area contributed by atoms with Gasteiger partial charge >= 0.3 is 5.97 Å². The monoisotopic (exact) mass is 231 g/mol. The average Bonchev–Trinajstić information content (AvgIpc) is 2.91. The van der Waals surface area contributed by atoms with E-state index < -0.39 is 5.97 Å². The van der Waals surface area contributed by atoms with Crippen molar-refractivity contribution < 1.29 is 9.90 Å². The largest absolute Gasteiger partial charge is 0.478 e. The number of aromatic nitrogens is 3. The number of aliphatic carboxylic acids is 1. The first-order valence-corrected chi connectivity index (χ1v) is 5.20. The number of nitrogens with zero attached hydrogens (tertiary/aromatic N) is 2. The molecule has 0 aliphatic heterocycles. The molecule has 2 rings (SSSR count). The summed E-state index contributed by atoms with van der Waals surface area (Å²) in [5.74, 6) is -0.907. The van der Waals surface area contributed by atoms with Crippen LogP contribution >= 0.6 is 0 Å². The minimum absolute atomic E-state index is 0.307. The number of hydrogen-bond acceptors (Lipinski definition) is 2. The number of H-pyrrole nitrogens is 1. The Hall–Kier alpha value is -2.30. The molecule has 2 N–H and O–H groups in total. The van der Waals surface area contributed by atoms with E-state index in [0.29, 0.717) is 12.1 Å². The highest BCUT2D eigenvalue weighted by Gasteiger charge is 2.02. The van der Waals surface area contributed by atoms with E-state index in [1.165, 1.54) is 0 Å². The van der Waals surface area contributed by atoms with Crippen molar-refractivity contribution in [3.8, 4) is 0 Å². The Morgan fingerprint density at radius 3 is 3.06 bits per heavy atom. The maximum absolute atomic E-state index is 10.7. The number of carboxylic acids is 1. The van der Waals surface area contributed by atoms with Crippen LogP contribution in [0.15, 0.2) is 36.4 Å². The molecule has 5 heteroatoms. The zero-order valence-corrected chi connectivity index (χ0v) is 9.42. The number of hydrogen-bond donors (Lipinski definition) is 2. The van der Waals surface area contributed by atoms with Crippen molar-refractivity contribution in [2.24, 2.45) is 0 Å². The van der Waals surface area contributed by atoms with Crippen LogP contribution in [-0.4, -0.2) is 25.6 Å². The second-order valence-corrected chi connectivity index (χ2v) is 3.81. The van der Waals surface area contributed by atoms with E-state index in [0.717, 1.165) is 11.4 Å². The van der Waals surface area contributed by atoms with Crippen molar-refractivity contribution in [3.05, 3.63) is 47.8 Å². The summed E-state index contributed by atoms with van der Waals surface area (Å²) in [6, 6.07) is 3.79. The van der Waals surface area contributed by atoms with Crippen LogP contribution < -0.4 is 0 Å². The van der Waals surface area contributed by atoms with Gasteiger partial charge < -0.3 is 14.7 Å². The van der Waals surface area contributed by atoms with Crippen LogP contribution in [0.4, 0.5) is 0 Å². The van der Waals surface area contributed by atoms with Gasteiger partial charge in [-0.3, -0.25) is 0 Å². The molecule has 88 valence electrons. The summed E-state index contributed by atoms with van der Waals surface area (Å²) in [6.07, 6.45) is 6.94. The third kappa shape index (κ3) is 2.84. The van der Waals surface area contributed by atoms with Crippen molar-refractivity contribution in [1.82, 2.24) is 14.5 Å². The maximum atomic E-state index is 10.7. The summed E-state index contributed by atoms with van der Waals surface area (Å²) < 4.78 is 1.93. The molecule has 0 aliphatic rings. The van der Waals surface area contributed by atoms with E-state index in [1.54, 1.807) is 25.5 Å². The Morgan fingerprint density at radius 2 is 2.41 bits per heavy atom. The van der Waals surface area contributed by atoms with Crippen molar-refractivity contribution in [3.63, 3.8) is 0 Å². The van der Waals surface area contributed by atoms with Crippen LogP contribution in [0.1, 0.15) is 18.3 Å². The Labute approximate surface area is 98.4 Å². The predicted octanol–water partition coefficient (Wildman–Crippen LogP) is 1.75. The van der Waals surface area contributed by atoms with E-state index in [1.807, 2.05) is 22.9 Å². The molecule has 2 aromatic heterocycles. The Bertz CT molecular complexity index is 538. The highest BCUT2D eigenvalue weighted by molar-refractivity contribution is 5.91. The summed E-state index contributed by atoms with van der Waals surface area (Å²) in [7, 11) is 0. The normalized spacial score (nSPS) is 11.7. The Morgan fingerprint density at radius 1 is 1.59 bits per heavy atom. The van der Waals surface area contributed by atoms with Gasteiger partial charge in [0, 0.05) is 29.4 Å². The summed E-state index contributed by atoms with van der Waals surface area (Å²) in [4.78, 5) is 17.8. The van der Waals surface area contributed by atoms with Gasteiger partial charge in [0.1, 0.15) is 0 Å². The lowest BCUT2D eigenvalue weighted by Gasteiger charge is -1.98. The van der Waals surface area contributed by atoms with Crippen LogP contribution in [0, 0.1) is 0 Å². The van der Waals surface area contributed by atoms with Gasteiger partial charge in [-0.15, -0.1) is 0 Å². The highest BCUT2D eigenvalue weighted by atomic mass is 16.4. The third-order valence-corrected chi connectivity index (χ3v) is 2.39. The van der Waals surface area contributed by atoms with E-state index >= 15 is 0 Å². The Kier molecular flexibility index (Phi) is 3.09. The third-order valence-electron chi connectivity index (χ3n) is 2.39. The summed E-state index contributed by atoms with van der Waals surface area (Å²) in [5, 5.41) is 8.76. The maximum Gasteiger partial charge on any atom is 0.331 e. The van der Waals surface area contributed by atoms with Crippen molar-refractivity contribution >= 4 is 12.0 Å². The van der Waals surface area contributed by atoms with E-state index in [9.17, 15) is 4.79 Å². The second-order valence-electron chi connectivity index (χ2n) is 3.81. The van der Waals surface area contributed by atoms with Gasteiger partial charge in [-0.1, -0.05) is 0 Å². The molecule has 5 nitrogen and oxygen atoms in total. The van der Waals surface area contributed by atoms with Gasteiger partial charge in [0.15, 0.2) is 0 Å². The van der Waals surface area contributed by atoms with Crippen LogP contribution in [-0.2, 0) is 11.3 Å². The van der Waals surface area contributed by atoms with Crippen LogP contribution in [0.3, 0.4) is 0 Å². The van der Waals surface area contributed by atoms with Crippen LogP contribution in [0.2, 0.25) is 0 Å². The fourth-order valence-corrected chi connectivity index (χ4v) is 1.51. The smallest absolute Gasteiger partial charge is 0.331 e. The fraction of sp³-hybridized carbons (Fsp3) is 0.167. The SMILES string of the molecule is C/C(=C\c1ccc(Cn2ccnc2)[nH]1)C(=O)O. The lowest BCUT2D eigenvalue weighted by Crippen LogP contribution is -1.97. The van der Waals surface area contributed by atoms with E-state index in [-0.39, 0.29) is 0 Å². The molecule has 0 unspecified atom stereocenters. The number of imidazole rings is 1. The molecule has 0 aromatic carbocycles. The number of carboxylic acid groups (broad SMARTS) is 1. The van der Waals surface area contributed by atoms with Crippen molar-refractivity contribution in [2.45, 2.75) is 13.5 Å². The second kappa shape index (κ2) is 4.69.